The van der Waals surface area contributed by atoms with Crippen LogP contribution in [0.4, 0.5) is 16.2 Å². The van der Waals surface area contributed by atoms with E-state index < -0.39 is 0 Å². The quantitative estimate of drug-likeness (QED) is 0.848. The van der Waals surface area contributed by atoms with E-state index in [9.17, 15) is 9.59 Å². The first-order chi connectivity index (χ1) is 13.0. The van der Waals surface area contributed by atoms with Gasteiger partial charge in [-0.3, -0.25) is 4.79 Å². The summed E-state index contributed by atoms with van der Waals surface area (Å²) in [6.45, 7) is 6.91. The van der Waals surface area contributed by atoms with Crippen LogP contribution in [0, 0.1) is 13.8 Å². The largest absolute Gasteiger partial charge is 0.494 e. The highest BCUT2D eigenvalue weighted by atomic mass is 16.5. The first-order valence-electron chi connectivity index (χ1n) is 9.14. The van der Waals surface area contributed by atoms with Gasteiger partial charge in [-0.2, -0.15) is 0 Å². The van der Waals surface area contributed by atoms with Gasteiger partial charge in [-0.05, 0) is 62.2 Å². The molecule has 3 rings (SSSR count). The van der Waals surface area contributed by atoms with Gasteiger partial charge in [0.2, 0.25) is 5.91 Å². The molecule has 0 aliphatic carbocycles. The van der Waals surface area contributed by atoms with Crippen LogP contribution in [0.5, 0.6) is 5.75 Å². The Morgan fingerprint density at radius 1 is 1.19 bits per heavy atom. The molecule has 3 amide bonds. The zero-order chi connectivity index (χ0) is 19.4. The Labute approximate surface area is 159 Å². The lowest BCUT2D eigenvalue weighted by atomic mass is 10.1. The van der Waals surface area contributed by atoms with E-state index in [2.05, 4.69) is 10.6 Å². The van der Waals surface area contributed by atoms with Crippen LogP contribution in [0.2, 0.25) is 0 Å². The SMILES string of the molecule is CCOc1ccc(N2C[C@@H](NC(=O)Nc3cc(C)ccc3C)CC2=O)cc1. The molecule has 2 aromatic rings. The Morgan fingerprint density at radius 2 is 1.93 bits per heavy atom. The molecule has 1 heterocycles. The van der Waals surface area contributed by atoms with Crippen molar-refractivity contribution in [1.29, 1.82) is 0 Å². The van der Waals surface area contributed by atoms with E-state index in [1.54, 1.807) is 4.90 Å². The van der Waals surface area contributed by atoms with Gasteiger partial charge in [0, 0.05) is 24.3 Å². The van der Waals surface area contributed by atoms with Crippen LogP contribution in [0.15, 0.2) is 42.5 Å². The summed E-state index contributed by atoms with van der Waals surface area (Å²) < 4.78 is 5.43. The number of aryl methyl sites for hydroxylation is 2. The molecular weight excluding hydrogens is 342 g/mol. The van der Waals surface area contributed by atoms with Crippen LogP contribution in [0.25, 0.3) is 0 Å². The van der Waals surface area contributed by atoms with E-state index in [4.69, 9.17) is 4.74 Å². The highest BCUT2D eigenvalue weighted by molar-refractivity contribution is 5.97. The predicted octanol–water partition coefficient (Wildman–Crippen LogP) is 3.63. The molecule has 1 atom stereocenters. The highest BCUT2D eigenvalue weighted by Crippen LogP contribution is 2.24. The monoisotopic (exact) mass is 367 g/mol. The zero-order valence-electron chi connectivity index (χ0n) is 15.9. The number of anilines is 2. The molecule has 0 bridgehead atoms. The van der Waals surface area contributed by atoms with Gasteiger partial charge in [-0.25, -0.2) is 4.79 Å². The molecule has 0 saturated carbocycles. The Morgan fingerprint density at radius 3 is 2.63 bits per heavy atom. The number of nitrogens with zero attached hydrogens (tertiary/aromatic N) is 1. The summed E-state index contributed by atoms with van der Waals surface area (Å²) in [5.74, 6) is 0.770. The summed E-state index contributed by atoms with van der Waals surface area (Å²) in [4.78, 5) is 26.4. The molecular formula is C21H25N3O3. The lowest BCUT2D eigenvalue weighted by Gasteiger charge is -2.18. The molecule has 1 aliphatic heterocycles. The van der Waals surface area contributed by atoms with Crippen molar-refractivity contribution >= 4 is 23.3 Å². The minimum absolute atomic E-state index is 0.00352. The third kappa shape index (κ3) is 4.58. The van der Waals surface area contributed by atoms with Gasteiger partial charge in [0.25, 0.3) is 0 Å². The van der Waals surface area contributed by atoms with E-state index in [-0.39, 0.29) is 24.4 Å². The molecule has 1 aliphatic rings. The number of amides is 3. The minimum Gasteiger partial charge on any atom is -0.494 e. The Bertz CT molecular complexity index is 833. The number of hydrogen-bond acceptors (Lipinski definition) is 3. The average Bonchev–Trinajstić information content (AvgIpc) is 2.99. The first-order valence-corrected chi connectivity index (χ1v) is 9.14. The van der Waals surface area contributed by atoms with Crippen LogP contribution in [-0.4, -0.2) is 31.1 Å². The number of hydrogen-bond donors (Lipinski definition) is 2. The number of carbonyl (C=O) groups excluding carboxylic acids is 2. The highest BCUT2D eigenvalue weighted by Gasteiger charge is 2.31. The van der Waals surface area contributed by atoms with Crippen molar-refractivity contribution < 1.29 is 14.3 Å². The van der Waals surface area contributed by atoms with Crippen molar-refractivity contribution in [2.75, 3.05) is 23.4 Å². The molecule has 6 heteroatoms. The number of rotatable bonds is 5. The average molecular weight is 367 g/mol. The number of carbonyl (C=O) groups is 2. The third-order valence-electron chi connectivity index (χ3n) is 4.56. The molecule has 2 aromatic carbocycles. The van der Waals surface area contributed by atoms with Crippen LogP contribution in [0.1, 0.15) is 24.5 Å². The summed E-state index contributed by atoms with van der Waals surface area (Å²) in [5.41, 5.74) is 3.66. The van der Waals surface area contributed by atoms with Gasteiger partial charge in [-0.15, -0.1) is 0 Å². The molecule has 0 unspecified atom stereocenters. The molecule has 2 N–H and O–H groups in total. The van der Waals surface area contributed by atoms with E-state index in [0.29, 0.717) is 13.2 Å². The third-order valence-corrected chi connectivity index (χ3v) is 4.56. The molecule has 27 heavy (non-hydrogen) atoms. The van der Waals surface area contributed by atoms with E-state index in [1.165, 1.54) is 0 Å². The van der Waals surface area contributed by atoms with Gasteiger partial charge in [0.15, 0.2) is 0 Å². The first kappa shape index (κ1) is 18.8. The smallest absolute Gasteiger partial charge is 0.319 e. The van der Waals surface area contributed by atoms with Gasteiger partial charge in [-0.1, -0.05) is 12.1 Å². The second-order valence-electron chi connectivity index (χ2n) is 6.75. The number of benzene rings is 2. The van der Waals surface area contributed by atoms with Crippen LogP contribution < -0.4 is 20.3 Å². The van der Waals surface area contributed by atoms with Gasteiger partial charge >= 0.3 is 6.03 Å². The fraction of sp³-hybridized carbons (Fsp3) is 0.333. The molecule has 0 spiro atoms. The molecule has 0 radical (unpaired) electrons. The van der Waals surface area contributed by atoms with E-state index in [1.807, 2.05) is 63.2 Å². The van der Waals surface area contributed by atoms with Crippen molar-refractivity contribution in [3.63, 3.8) is 0 Å². The minimum atomic E-state index is -0.296. The van der Waals surface area contributed by atoms with Crippen molar-refractivity contribution in [2.45, 2.75) is 33.2 Å². The van der Waals surface area contributed by atoms with E-state index in [0.717, 1.165) is 28.3 Å². The standard InChI is InChI=1S/C21H25N3O3/c1-4-27-18-9-7-17(8-10-18)24-13-16(12-20(24)25)22-21(26)23-19-11-14(2)5-6-15(19)3/h5-11,16H,4,12-13H2,1-3H3,(H2,22,23,26)/t16-/m0/s1. The van der Waals surface area contributed by atoms with Crippen LogP contribution in [0.3, 0.4) is 0 Å². The number of ether oxygens (including phenoxy) is 1. The molecule has 1 fully saturated rings. The summed E-state index contributed by atoms with van der Waals surface area (Å²) in [6, 6.07) is 12.8. The van der Waals surface area contributed by atoms with E-state index >= 15 is 0 Å². The van der Waals surface area contributed by atoms with Crippen LogP contribution >= 0.6 is 0 Å². The Balaban J connectivity index is 1.60. The second kappa shape index (κ2) is 8.12. The van der Waals surface area contributed by atoms with Gasteiger partial charge < -0.3 is 20.3 Å². The van der Waals surface area contributed by atoms with Gasteiger partial charge in [0.05, 0.1) is 12.6 Å². The molecule has 0 aromatic heterocycles. The van der Waals surface area contributed by atoms with Gasteiger partial charge in [0.1, 0.15) is 5.75 Å². The van der Waals surface area contributed by atoms with Crippen molar-refractivity contribution in [1.82, 2.24) is 5.32 Å². The molecule has 1 saturated heterocycles. The maximum atomic E-state index is 12.4. The molecule has 142 valence electrons. The Hall–Kier alpha value is -3.02. The maximum Gasteiger partial charge on any atom is 0.319 e. The fourth-order valence-electron chi connectivity index (χ4n) is 3.16. The predicted molar refractivity (Wildman–Crippen MR) is 106 cm³/mol. The van der Waals surface area contributed by atoms with Crippen LogP contribution in [-0.2, 0) is 4.79 Å². The fourth-order valence-corrected chi connectivity index (χ4v) is 3.16. The maximum absolute atomic E-state index is 12.4. The molecule has 6 nitrogen and oxygen atoms in total. The summed E-state index contributed by atoms with van der Waals surface area (Å²) in [7, 11) is 0. The number of urea groups is 1. The lowest BCUT2D eigenvalue weighted by molar-refractivity contribution is -0.117. The lowest BCUT2D eigenvalue weighted by Crippen LogP contribution is -2.39. The topological polar surface area (TPSA) is 70.7 Å². The van der Waals surface area contributed by atoms with Crippen molar-refractivity contribution in [3.8, 4) is 5.75 Å². The van der Waals surface area contributed by atoms with Crippen molar-refractivity contribution in [3.05, 3.63) is 53.6 Å². The second-order valence-corrected chi connectivity index (χ2v) is 6.75. The summed E-state index contributed by atoms with van der Waals surface area (Å²) >= 11 is 0. The Kier molecular flexibility index (Phi) is 5.64. The number of nitrogens with one attached hydrogen (secondary N) is 2. The summed E-state index contributed by atoms with van der Waals surface area (Å²) in [5, 5.41) is 5.77. The summed E-state index contributed by atoms with van der Waals surface area (Å²) in [6.07, 6.45) is 0.285. The normalized spacial score (nSPS) is 16.3. The van der Waals surface area contributed by atoms with Crippen molar-refractivity contribution in [2.24, 2.45) is 0 Å². The zero-order valence-corrected chi connectivity index (χ0v) is 15.9.